The van der Waals surface area contributed by atoms with E-state index in [0.717, 1.165) is 17.8 Å². The second-order valence-electron chi connectivity index (χ2n) is 3.60. The van der Waals surface area contributed by atoms with Crippen LogP contribution in [0.1, 0.15) is 32.8 Å². The normalized spacial score (nSPS) is 13.9. The highest BCUT2D eigenvalue weighted by Gasteiger charge is 2.08. The molecule has 0 saturated carbocycles. The van der Waals surface area contributed by atoms with Crippen LogP contribution in [-0.4, -0.2) is 0 Å². The lowest BCUT2D eigenvalue weighted by atomic mass is 10.0. The molecule has 0 fully saturated rings. The monoisotopic (exact) mass is 227 g/mol. The summed E-state index contributed by atoms with van der Waals surface area (Å²) in [7, 11) is 0. The molecule has 2 rings (SSSR count). The predicted molar refractivity (Wildman–Crippen MR) is 76.4 cm³/mol. The zero-order valence-corrected chi connectivity index (χ0v) is 11.0. The number of benzene rings is 1. The van der Waals surface area contributed by atoms with Crippen LogP contribution >= 0.6 is 0 Å². The molecule has 0 aromatic heterocycles. The van der Waals surface area contributed by atoms with Crippen molar-refractivity contribution in [2.45, 2.75) is 27.2 Å². The standard InChI is InChI=1S/C14H15N.C2H6/c1-3-12-9-10-14(15-11(12)2)13-7-5-4-6-8-13;1-2/h4-10,15H,2-3H2,1H3;1-2H3. The Hall–Kier alpha value is -1.76. The number of rotatable bonds is 2. The fourth-order valence-electron chi connectivity index (χ4n) is 1.69. The summed E-state index contributed by atoms with van der Waals surface area (Å²) in [5.41, 5.74) is 4.61. The molecule has 1 nitrogen and oxygen atoms in total. The molecular weight excluding hydrogens is 206 g/mol. The molecule has 1 heterocycles. The van der Waals surface area contributed by atoms with Gasteiger partial charge in [0.1, 0.15) is 0 Å². The van der Waals surface area contributed by atoms with Gasteiger partial charge in [-0.05, 0) is 23.6 Å². The van der Waals surface area contributed by atoms with E-state index in [1.165, 1.54) is 11.1 Å². The molecule has 0 aliphatic carbocycles. The Morgan fingerprint density at radius 1 is 1.06 bits per heavy atom. The van der Waals surface area contributed by atoms with Gasteiger partial charge in [-0.3, -0.25) is 0 Å². The second-order valence-corrected chi connectivity index (χ2v) is 3.60. The van der Waals surface area contributed by atoms with Crippen molar-refractivity contribution in [1.29, 1.82) is 0 Å². The van der Waals surface area contributed by atoms with E-state index in [2.05, 4.69) is 43.1 Å². The first-order valence-electron chi connectivity index (χ1n) is 6.24. The summed E-state index contributed by atoms with van der Waals surface area (Å²) in [6.45, 7) is 10.2. The van der Waals surface area contributed by atoms with Crippen LogP contribution in [0, 0.1) is 0 Å². The van der Waals surface area contributed by atoms with E-state index in [4.69, 9.17) is 0 Å². The third-order valence-corrected chi connectivity index (χ3v) is 2.59. The summed E-state index contributed by atoms with van der Waals surface area (Å²) in [6, 6.07) is 10.3. The molecule has 0 atom stereocenters. The molecule has 1 aliphatic heterocycles. The molecule has 1 N–H and O–H groups in total. The molecule has 0 spiro atoms. The zero-order chi connectivity index (χ0) is 12.7. The largest absolute Gasteiger partial charge is 0.355 e. The van der Waals surface area contributed by atoms with E-state index in [0.29, 0.717) is 0 Å². The maximum atomic E-state index is 4.02. The quantitative estimate of drug-likeness (QED) is 0.784. The molecule has 0 saturated heterocycles. The van der Waals surface area contributed by atoms with Crippen molar-refractivity contribution in [2.24, 2.45) is 0 Å². The fraction of sp³-hybridized carbons (Fsp3) is 0.250. The summed E-state index contributed by atoms with van der Waals surface area (Å²) < 4.78 is 0. The lowest BCUT2D eigenvalue weighted by molar-refractivity contribution is 1.00. The van der Waals surface area contributed by atoms with Gasteiger partial charge in [0.05, 0.1) is 0 Å². The maximum absolute atomic E-state index is 4.02. The summed E-state index contributed by atoms with van der Waals surface area (Å²) in [5.74, 6) is 0. The van der Waals surface area contributed by atoms with Crippen molar-refractivity contribution in [3.05, 3.63) is 65.9 Å². The van der Waals surface area contributed by atoms with Gasteiger partial charge in [-0.15, -0.1) is 0 Å². The van der Waals surface area contributed by atoms with Crippen molar-refractivity contribution in [2.75, 3.05) is 0 Å². The summed E-state index contributed by atoms with van der Waals surface area (Å²) in [6.07, 6.45) is 5.27. The Bertz CT molecular complexity index is 424. The minimum atomic E-state index is 1.01. The highest BCUT2D eigenvalue weighted by molar-refractivity contribution is 5.70. The van der Waals surface area contributed by atoms with Gasteiger partial charge in [0.15, 0.2) is 0 Å². The van der Waals surface area contributed by atoms with E-state index >= 15 is 0 Å². The van der Waals surface area contributed by atoms with Gasteiger partial charge in [0, 0.05) is 11.4 Å². The molecule has 0 unspecified atom stereocenters. The second kappa shape index (κ2) is 6.74. The van der Waals surface area contributed by atoms with Crippen LogP contribution in [0.4, 0.5) is 0 Å². The average Bonchev–Trinajstić information content (AvgIpc) is 2.42. The third kappa shape index (κ3) is 3.35. The van der Waals surface area contributed by atoms with Crippen LogP contribution in [0.15, 0.2) is 60.3 Å². The molecule has 0 radical (unpaired) electrons. The van der Waals surface area contributed by atoms with E-state index in [1.807, 2.05) is 32.0 Å². The topological polar surface area (TPSA) is 12.0 Å². The predicted octanol–water partition coefficient (Wildman–Crippen LogP) is 4.51. The van der Waals surface area contributed by atoms with Gasteiger partial charge >= 0.3 is 0 Å². The molecular formula is C16H21N. The molecule has 90 valence electrons. The first kappa shape index (κ1) is 13.3. The minimum absolute atomic E-state index is 1.01. The number of hydrogen-bond donors (Lipinski definition) is 1. The van der Waals surface area contributed by atoms with Crippen molar-refractivity contribution in [1.82, 2.24) is 5.32 Å². The van der Waals surface area contributed by atoms with Crippen LogP contribution in [-0.2, 0) is 0 Å². The highest BCUT2D eigenvalue weighted by atomic mass is 14.9. The Labute approximate surface area is 105 Å². The molecule has 1 heteroatoms. The van der Waals surface area contributed by atoms with Gasteiger partial charge < -0.3 is 5.32 Å². The van der Waals surface area contributed by atoms with Gasteiger partial charge in [0.25, 0.3) is 0 Å². The highest BCUT2D eigenvalue weighted by Crippen LogP contribution is 2.21. The lowest BCUT2D eigenvalue weighted by Crippen LogP contribution is -2.15. The number of dihydropyridines is 1. The van der Waals surface area contributed by atoms with Crippen LogP contribution in [0.2, 0.25) is 0 Å². The number of hydrogen-bond acceptors (Lipinski definition) is 1. The average molecular weight is 227 g/mol. The minimum Gasteiger partial charge on any atom is -0.355 e. The molecule has 1 aromatic carbocycles. The molecule has 1 aromatic rings. The van der Waals surface area contributed by atoms with Gasteiger partial charge in [0.2, 0.25) is 0 Å². The van der Waals surface area contributed by atoms with Crippen molar-refractivity contribution >= 4 is 5.70 Å². The van der Waals surface area contributed by atoms with Gasteiger partial charge in [-0.2, -0.15) is 0 Å². The lowest BCUT2D eigenvalue weighted by Gasteiger charge is -2.19. The van der Waals surface area contributed by atoms with Crippen molar-refractivity contribution in [3.8, 4) is 0 Å². The van der Waals surface area contributed by atoms with Crippen LogP contribution < -0.4 is 5.32 Å². The van der Waals surface area contributed by atoms with Crippen LogP contribution in [0.25, 0.3) is 5.70 Å². The fourth-order valence-corrected chi connectivity index (χ4v) is 1.69. The smallest absolute Gasteiger partial charge is 0.0457 e. The Balaban J connectivity index is 0.000000686. The Morgan fingerprint density at radius 3 is 2.24 bits per heavy atom. The maximum Gasteiger partial charge on any atom is 0.0457 e. The molecule has 0 bridgehead atoms. The van der Waals surface area contributed by atoms with Gasteiger partial charge in [-0.1, -0.05) is 63.8 Å². The van der Waals surface area contributed by atoms with Crippen molar-refractivity contribution < 1.29 is 0 Å². The summed E-state index contributed by atoms with van der Waals surface area (Å²) in [5, 5.41) is 3.33. The van der Waals surface area contributed by atoms with Crippen LogP contribution in [0.5, 0.6) is 0 Å². The van der Waals surface area contributed by atoms with Gasteiger partial charge in [-0.25, -0.2) is 0 Å². The van der Waals surface area contributed by atoms with E-state index in [1.54, 1.807) is 0 Å². The Morgan fingerprint density at radius 2 is 1.71 bits per heavy atom. The first-order valence-corrected chi connectivity index (χ1v) is 6.24. The van der Waals surface area contributed by atoms with Crippen molar-refractivity contribution in [3.63, 3.8) is 0 Å². The zero-order valence-electron chi connectivity index (χ0n) is 11.0. The summed E-state index contributed by atoms with van der Waals surface area (Å²) in [4.78, 5) is 0. The SMILES string of the molecule is C=C1NC(c2ccccc2)=CC=C1CC.CC. The van der Waals surface area contributed by atoms with Crippen LogP contribution in [0.3, 0.4) is 0 Å². The molecule has 17 heavy (non-hydrogen) atoms. The van der Waals surface area contributed by atoms with E-state index in [-0.39, 0.29) is 0 Å². The van der Waals surface area contributed by atoms with E-state index in [9.17, 15) is 0 Å². The first-order chi connectivity index (χ1) is 8.31. The number of allylic oxidation sites excluding steroid dienone is 3. The Kier molecular flexibility index (Phi) is 5.28. The third-order valence-electron chi connectivity index (χ3n) is 2.59. The summed E-state index contributed by atoms with van der Waals surface area (Å²) >= 11 is 0. The molecule has 1 aliphatic rings. The number of nitrogens with one attached hydrogen (secondary N) is 1. The molecule has 0 amide bonds. The van der Waals surface area contributed by atoms with E-state index < -0.39 is 0 Å².